The number of fused-ring (bicyclic) bond motifs is 1. The molecule has 0 unspecified atom stereocenters. The highest BCUT2D eigenvalue weighted by atomic mass is 32.2. The van der Waals surface area contributed by atoms with Crippen molar-refractivity contribution < 1.29 is 8.42 Å². The maximum absolute atomic E-state index is 12.8. The Balaban J connectivity index is 0.000000190. The summed E-state index contributed by atoms with van der Waals surface area (Å²) < 4.78 is 27.7. The van der Waals surface area contributed by atoms with Gasteiger partial charge >= 0.3 is 0 Å². The molecule has 1 aromatic carbocycles. The minimum atomic E-state index is -3.39. The van der Waals surface area contributed by atoms with Crippen LogP contribution in [0.2, 0.25) is 0 Å². The molecule has 9 heteroatoms. The molecule has 0 atom stereocenters. The van der Waals surface area contributed by atoms with Crippen LogP contribution in [0.25, 0.3) is 16.6 Å². The predicted octanol–water partition coefficient (Wildman–Crippen LogP) is 3.68. The number of aromatic amines is 1. The van der Waals surface area contributed by atoms with E-state index < -0.39 is 9.84 Å². The van der Waals surface area contributed by atoms with Crippen LogP contribution in [0.5, 0.6) is 0 Å². The van der Waals surface area contributed by atoms with Gasteiger partial charge in [-0.1, -0.05) is 24.6 Å². The average molecular weight is 466 g/mol. The van der Waals surface area contributed by atoms with Gasteiger partial charge in [-0.2, -0.15) is 0 Å². The number of H-pyrrole nitrogens is 1. The van der Waals surface area contributed by atoms with Crippen LogP contribution in [-0.2, 0) is 16.9 Å². The SMILES string of the molecule is CS(=O)(=O)c1c[nH]c2c(=O)n(-c3ccccc3)cc(C3CC3)c12.Cn1cnnc1C1CCC1. The van der Waals surface area contributed by atoms with Crippen LogP contribution in [-0.4, -0.2) is 39.0 Å². The van der Waals surface area contributed by atoms with Gasteiger partial charge in [0.15, 0.2) is 9.84 Å². The van der Waals surface area contributed by atoms with E-state index in [4.69, 9.17) is 0 Å². The fourth-order valence-corrected chi connectivity index (χ4v) is 5.21. The van der Waals surface area contributed by atoms with Crippen molar-refractivity contribution in [3.63, 3.8) is 0 Å². The first-order valence-electron chi connectivity index (χ1n) is 11.2. The number of aromatic nitrogens is 5. The molecule has 0 amide bonds. The fraction of sp³-hybridized carbons (Fsp3) is 0.375. The summed E-state index contributed by atoms with van der Waals surface area (Å²) in [5.74, 6) is 2.18. The Morgan fingerprint density at radius 2 is 1.79 bits per heavy atom. The van der Waals surface area contributed by atoms with E-state index in [9.17, 15) is 13.2 Å². The number of sulfone groups is 1. The molecule has 2 saturated carbocycles. The molecule has 0 radical (unpaired) electrons. The highest BCUT2D eigenvalue weighted by Crippen LogP contribution is 2.44. The van der Waals surface area contributed by atoms with Gasteiger partial charge in [-0.15, -0.1) is 10.2 Å². The Morgan fingerprint density at radius 1 is 1.06 bits per heavy atom. The molecule has 33 heavy (non-hydrogen) atoms. The summed E-state index contributed by atoms with van der Waals surface area (Å²) in [5.41, 5.74) is 1.84. The molecule has 0 aliphatic heterocycles. The van der Waals surface area contributed by atoms with Crippen LogP contribution in [0.3, 0.4) is 0 Å². The van der Waals surface area contributed by atoms with E-state index in [-0.39, 0.29) is 10.5 Å². The summed E-state index contributed by atoms with van der Waals surface area (Å²) in [6, 6.07) is 9.37. The number of hydrogen-bond donors (Lipinski definition) is 1. The van der Waals surface area contributed by atoms with E-state index in [1.807, 2.05) is 41.9 Å². The lowest BCUT2D eigenvalue weighted by atomic mass is 9.85. The normalized spacial score (nSPS) is 16.3. The largest absolute Gasteiger partial charge is 0.355 e. The summed E-state index contributed by atoms with van der Waals surface area (Å²) in [7, 11) is -1.38. The van der Waals surface area contributed by atoms with Gasteiger partial charge in [0.25, 0.3) is 5.56 Å². The molecule has 3 heterocycles. The molecule has 8 nitrogen and oxygen atoms in total. The zero-order valence-corrected chi connectivity index (χ0v) is 19.5. The van der Waals surface area contributed by atoms with Gasteiger partial charge in [-0.3, -0.25) is 9.36 Å². The van der Waals surface area contributed by atoms with Crippen LogP contribution in [0.4, 0.5) is 0 Å². The van der Waals surface area contributed by atoms with E-state index in [1.165, 1.54) is 31.7 Å². The van der Waals surface area contributed by atoms with Crippen LogP contribution in [0.15, 0.2) is 58.7 Å². The molecule has 0 bridgehead atoms. The molecule has 4 aromatic rings. The van der Waals surface area contributed by atoms with Crippen LogP contribution < -0.4 is 5.56 Å². The molecular formula is C24H27N5O3S. The zero-order chi connectivity index (χ0) is 23.2. The number of nitrogens with one attached hydrogen (secondary N) is 1. The molecule has 1 N–H and O–H groups in total. The van der Waals surface area contributed by atoms with Gasteiger partial charge in [0, 0.05) is 42.7 Å². The van der Waals surface area contributed by atoms with Crippen molar-refractivity contribution >= 4 is 20.7 Å². The van der Waals surface area contributed by atoms with Crippen molar-refractivity contribution in [2.75, 3.05) is 6.26 Å². The summed E-state index contributed by atoms with van der Waals surface area (Å²) >= 11 is 0. The third-order valence-electron chi connectivity index (χ3n) is 6.50. The van der Waals surface area contributed by atoms with Crippen molar-refractivity contribution in [1.29, 1.82) is 0 Å². The van der Waals surface area contributed by atoms with Gasteiger partial charge in [-0.25, -0.2) is 8.42 Å². The summed E-state index contributed by atoms with van der Waals surface area (Å²) in [6.07, 6.45) is 12.2. The topological polar surface area (TPSA) is 103 Å². The molecule has 3 aromatic heterocycles. The molecule has 172 valence electrons. The number of rotatable bonds is 4. The summed E-state index contributed by atoms with van der Waals surface area (Å²) in [5, 5.41) is 8.45. The lowest BCUT2D eigenvalue weighted by Gasteiger charge is -2.23. The van der Waals surface area contributed by atoms with Gasteiger partial charge in [0.2, 0.25) is 0 Å². The van der Waals surface area contributed by atoms with Gasteiger partial charge < -0.3 is 9.55 Å². The molecule has 0 saturated heterocycles. The number of hydrogen-bond acceptors (Lipinski definition) is 5. The van der Waals surface area contributed by atoms with Crippen LogP contribution in [0, 0.1) is 0 Å². The van der Waals surface area contributed by atoms with Gasteiger partial charge in [-0.05, 0) is 49.3 Å². The van der Waals surface area contributed by atoms with Crippen molar-refractivity contribution in [2.45, 2.75) is 48.8 Å². The first-order valence-corrected chi connectivity index (χ1v) is 13.1. The third kappa shape index (κ3) is 4.13. The van der Waals surface area contributed by atoms with E-state index in [2.05, 4.69) is 15.2 Å². The fourth-order valence-electron chi connectivity index (χ4n) is 4.35. The Kier molecular flexibility index (Phi) is 5.44. The maximum Gasteiger partial charge on any atom is 0.279 e. The number of nitrogens with zero attached hydrogens (tertiary/aromatic N) is 4. The highest BCUT2D eigenvalue weighted by molar-refractivity contribution is 7.91. The Bertz CT molecular complexity index is 1460. The predicted molar refractivity (Wildman–Crippen MR) is 127 cm³/mol. The monoisotopic (exact) mass is 465 g/mol. The van der Waals surface area contributed by atoms with Crippen LogP contribution >= 0.6 is 0 Å². The minimum Gasteiger partial charge on any atom is -0.355 e. The van der Waals surface area contributed by atoms with Gasteiger partial charge in [0.05, 0.1) is 4.90 Å². The first-order chi connectivity index (χ1) is 15.8. The maximum atomic E-state index is 12.8. The standard InChI is InChI=1S/C17H16N2O3S.C7H11N3/c1-23(21,22)14-9-18-16-15(14)13(11-7-8-11)10-19(17(16)20)12-5-3-2-4-6-12;1-10-5-8-9-7(10)6-3-2-4-6/h2-6,9-11,18H,7-8H2,1H3;5-6H,2-4H2,1H3. The second-order valence-electron chi connectivity index (χ2n) is 8.97. The number of benzene rings is 1. The Morgan fingerprint density at radius 3 is 2.33 bits per heavy atom. The number of para-hydroxylation sites is 1. The van der Waals surface area contributed by atoms with E-state index >= 15 is 0 Å². The quantitative estimate of drug-likeness (QED) is 0.495. The highest BCUT2D eigenvalue weighted by Gasteiger charge is 2.30. The van der Waals surface area contributed by atoms with Crippen molar-refractivity contribution in [3.8, 4) is 5.69 Å². The van der Waals surface area contributed by atoms with E-state index in [1.54, 1.807) is 17.1 Å². The summed E-state index contributed by atoms with van der Waals surface area (Å²) in [4.78, 5) is 15.9. The number of aryl methyl sites for hydroxylation is 1. The lowest BCUT2D eigenvalue weighted by Crippen LogP contribution is -2.19. The molecule has 0 spiro atoms. The molecule has 6 rings (SSSR count). The number of pyridine rings is 1. The Labute approximate surface area is 192 Å². The third-order valence-corrected chi connectivity index (χ3v) is 7.62. The molecule has 2 fully saturated rings. The minimum absolute atomic E-state index is 0.215. The summed E-state index contributed by atoms with van der Waals surface area (Å²) in [6.45, 7) is 0. The second-order valence-corrected chi connectivity index (χ2v) is 11.0. The van der Waals surface area contributed by atoms with E-state index in [0.717, 1.165) is 29.9 Å². The second kappa shape index (κ2) is 8.30. The van der Waals surface area contributed by atoms with Crippen molar-refractivity contribution in [2.24, 2.45) is 7.05 Å². The molecular weight excluding hydrogens is 438 g/mol. The van der Waals surface area contributed by atoms with Crippen molar-refractivity contribution in [3.05, 3.63) is 70.8 Å². The molecule has 2 aliphatic rings. The van der Waals surface area contributed by atoms with Crippen LogP contribution in [0.1, 0.15) is 55.3 Å². The zero-order valence-electron chi connectivity index (χ0n) is 18.7. The van der Waals surface area contributed by atoms with Crippen molar-refractivity contribution in [1.82, 2.24) is 24.3 Å². The van der Waals surface area contributed by atoms with Gasteiger partial charge in [0.1, 0.15) is 17.7 Å². The Hall–Kier alpha value is -3.20. The lowest BCUT2D eigenvalue weighted by molar-refractivity contribution is 0.392. The van der Waals surface area contributed by atoms with E-state index in [0.29, 0.717) is 22.7 Å². The first kappa shape index (κ1) is 21.6. The smallest absolute Gasteiger partial charge is 0.279 e. The molecule has 2 aliphatic carbocycles. The average Bonchev–Trinajstić information content (AvgIpc) is 3.35.